The van der Waals surface area contributed by atoms with Crippen LogP contribution in [0.4, 0.5) is 0 Å². The Morgan fingerprint density at radius 1 is 1.64 bits per heavy atom. The van der Waals surface area contributed by atoms with E-state index in [0.29, 0.717) is 0 Å². The monoisotopic (exact) mass is 154 g/mol. The molecule has 0 aliphatic rings. The van der Waals surface area contributed by atoms with Crippen LogP contribution in [0.3, 0.4) is 0 Å². The first kappa shape index (κ1) is 7.78. The second-order valence-corrected chi connectivity index (χ2v) is 2.38. The van der Waals surface area contributed by atoms with E-state index in [1.165, 1.54) is 11.8 Å². The number of aromatic nitrogens is 2. The molecular formula is C7H10N2O2. The number of carbonyl (C=O) groups is 1. The molecule has 0 unspecified atom stereocenters. The van der Waals surface area contributed by atoms with Crippen LogP contribution in [0.15, 0.2) is 6.07 Å². The lowest BCUT2D eigenvalue weighted by atomic mass is 10.4. The molecule has 0 atom stereocenters. The van der Waals surface area contributed by atoms with Gasteiger partial charge < -0.3 is 4.84 Å². The largest absolute Gasteiger partial charge is 0.331 e. The van der Waals surface area contributed by atoms with Gasteiger partial charge in [-0.2, -0.15) is 0 Å². The van der Waals surface area contributed by atoms with Gasteiger partial charge in [-0.25, -0.2) is 4.79 Å². The summed E-state index contributed by atoms with van der Waals surface area (Å²) in [6.07, 6.45) is 0. The minimum absolute atomic E-state index is 0.365. The molecule has 0 amide bonds. The van der Waals surface area contributed by atoms with E-state index >= 15 is 0 Å². The summed E-state index contributed by atoms with van der Waals surface area (Å²) < 4.78 is 0. The number of hydrogen-bond donors (Lipinski definition) is 0. The van der Waals surface area contributed by atoms with Crippen molar-refractivity contribution >= 4 is 5.97 Å². The van der Waals surface area contributed by atoms with Crippen LogP contribution in [0.5, 0.6) is 0 Å². The molecule has 1 aromatic heterocycles. The normalized spacial score (nSPS) is 9.73. The first-order valence-corrected chi connectivity index (χ1v) is 3.32. The van der Waals surface area contributed by atoms with Gasteiger partial charge in [0.1, 0.15) is 0 Å². The van der Waals surface area contributed by atoms with Crippen molar-refractivity contribution in [2.24, 2.45) is 0 Å². The second kappa shape index (κ2) is 2.74. The summed E-state index contributed by atoms with van der Waals surface area (Å²) in [5, 5.41) is 3.92. The number of carbonyl (C=O) groups excluding carboxylic acids is 1. The molecule has 1 rings (SSSR count). The maximum absolute atomic E-state index is 10.5. The average molecular weight is 154 g/mol. The summed E-state index contributed by atoms with van der Waals surface area (Å²) in [6.45, 7) is 5.01. The third kappa shape index (κ3) is 1.80. The van der Waals surface area contributed by atoms with Crippen molar-refractivity contribution in [3.8, 4) is 0 Å². The summed E-state index contributed by atoms with van der Waals surface area (Å²) in [5.74, 6) is -0.365. The second-order valence-electron chi connectivity index (χ2n) is 2.38. The zero-order valence-corrected chi connectivity index (χ0v) is 6.79. The standard InChI is InChI=1S/C7H10N2O2/c1-5-4-6(2)9(8-5)11-7(3)10/h4H,1-3H3. The molecule has 4 heteroatoms. The van der Waals surface area contributed by atoms with Gasteiger partial charge in [0.25, 0.3) is 0 Å². The van der Waals surface area contributed by atoms with Crippen molar-refractivity contribution in [1.29, 1.82) is 0 Å². The van der Waals surface area contributed by atoms with E-state index in [1.54, 1.807) is 0 Å². The minimum Gasteiger partial charge on any atom is -0.319 e. The smallest absolute Gasteiger partial charge is 0.319 e. The molecular weight excluding hydrogens is 144 g/mol. The number of aryl methyl sites for hydroxylation is 2. The van der Waals surface area contributed by atoms with Crippen LogP contribution in [0.1, 0.15) is 18.3 Å². The summed E-state index contributed by atoms with van der Waals surface area (Å²) in [5.41, 5.74) is 1.65. The van der Waals surface area contributed by atoms with Crippen LogP contribution < -0.4 is 4.84 Å². The maximum atomic E-state index is 10.5. The Kier molecular flexibility index (Phi) is 1.94. The van der Waals surface area contributed by atoms with E-state index in [1.807, 2.05) is 19.9 Å². The summed E-state index contributed by atoms with van der Waals surface area (Å²) in [4.78, 5) is 16.4. The predicted molar refractivity (Wildman–Crippen MR) is 39.0 cm³/mol. The van der Waals surface area contributed by atoms with E-state index in [0.717, 1.165) is 11.4 Å². The average Bonchev–Trinajstić information content (AvgIpc) is 2.09. The Hall–Kier alpha value is -1.32. The highest BCUT2D eigenvalue weighted by atomic mass is 16.7. The highest BCUT2D eigenvalue weighted by Crippen LogP contribution is 1.98. The van der Waals surface area contributed by atoms with Gasteiger partial charge in [-0.1, -0.05) is 4.85 Å². The number of rotatable bonds is 1. The van der Waals surface area contributed by atoms with Crippen LogP contribution in [-0.2, 0) is 4.79 Å². The maximum Gasteiger partial charge on any atom is 0.331 e. The molecule has 1 heterocycles. The fraction of sp³-hybridized carbons (Fsp3) is 0.429. The first-order chi connectivity index (χ1) is 5.09. The van der Waals surface area contributed by atoms with Gasteiger partial charge in [0.15, 0.2) is 0 Å². The quantitative estimate of drug-likeness (QED) is 0.590. The first-order valence-electron chi connectivity index (χ1n) is 3.32. The molecule has 0 aromatic carbocycles. The molecule has 0 saturated carbocycles. The van der Waals surface area contributed by atoms with E-state index in [2.05, 4.69) is 5.10 Å². The summed E-state index contributed by atoms with van der Waals surface area (Å²) in [7, 11) is 0. The van der Waals surface area contributed by atoms with Crippen LogP contribution in [0.25, 0.3) is 0 Å². The van der Waals surface area contributed by atoms with Crippen molar-refractivity contribution in [2.75, 3.05) is 0 Å². The van der Waals surface area contributed by atoms with Gasteiger partial charge in [0.05, 0.1) is 11.4 Å². The van der Waals surface area contributed by atoms with Gasteiger partial charge >= 0.3 is 5.97 Å². The Balaban J connectivity index is 2.85. The summed E-state index contributed by atoms with van der Waals surface area (Å²) >= 11 is 0. The van der Waals surface area contributed by atoms with E-state index in [4.69, 9.17) is 4.84 Å². The number of hydrogen-bond acceptors (Lipinski definition) is 3. The molecule has 60 valence electrons. The molecule has 0 aliphatic heterocycles. The van der Waals surface area contributed by atoms with Crippen LogP contribution in [-0.4, -0.2) is 15.9 Å². The fourth-order valence-electron chi connectivity index (χ4n) is 0.823. The predicted octanol–water partition coefficient (Wildman–Crippen LogP) is 0.475. The Morgan fingerprint density at radius 3 is 2.64 bits per heavy atom. The van der Waals surface area contributed by atoms with Crippen LogP contribution >= 0.6 is 0 Å². The molecule has 4 nitrogen and oxygen atoms in total. The van der Waals surface area contributed by atoms with Gasteiger partial charge in [0, 0.05) is 6.92 Å². The van der Waals surface area contributed by atoms with Crippen molar-refractivity contribution in [3.63, 3.8) is 0 Å². The summed E-state index contributed by atoms with van der Waals surface area (Å²) in [6, 6.07) is 1.84. The Bertz CT molecular complexity index is 278. The van der Waals surface area contributed by atoms with E-state index in [-0.39, 0.29) is 5.97 Å². The molecule has 0 N–H and O–H groups in total. The topological polar surface area (TPSA) is 44.1 Å². The number of nitrogens with zero attached hydrogens (tertiary/aromatic N) is 2. The molecule has 0 bridgehead atoms. The van der Waals surface area contributed by atoms with Gasteiger partial charge in [-0.15, -0.1) is 5.10 Å². The third-order valence-corrected chi connectivity index (χ3v) is 1.18. The molecule has 0 fully saturated rings. The SMILES string of the molecule is CC(=O)On1nc(C)cc1C. The highest BCUT2D eigenvalue weighted by molar-refractivity contribution is 5.66. The van der Waals surface area contributed by atoms with Crippen LogP contribution in [0.2, 0.25) is 0 Å². The Morgan fingerprint density at radius 2 is 2.27 bits per heavy atom. The molecule has 0 aliphatic carbocycles. The zero-order valence-electron chi connectivity index (χ0n) is 6.79. The molecule has 0 saturated heterocycles. The van der Waals surface area contributed by atoms with Crippen molar-refractivity contribution in [2.45, 2.75) is 20.8 Å². The minimum atomic E-state index is -0.365. The van der Waals surface area contributed by atoms with E-state index < -0.39 is 0 Å². The zero-order chi connectivity index (χ0) is 8.43. The van der Waals surface area contributed by atoms with Gasteiger partial charge in [-0.3, -0.25) is 0 Å². The fourth-order valence-corrected chi connectivity index (χ4v) is 0.823. The van der Waals surface area contributed by atoms with Crippen molar-refractivity contribution in [1.82, 2.24) is 9.94 Å². The molecule has 0 radical (unpaired) electrons. The molecule has 11 heavy (non-hydrogen) atoms. The lowest BCUT2D eigenvalue weighted by Crippen LogP contribution is -2.18. The Labute approximate surface area is 64.7 Å². The third-order valence-electron chi connectivity index (χ3n) is 1.18. The van der Waals surface area contributed by atoms with E-state index in [9.17, 15) is 4.79 Å². The van der Waals surface area contributed by atoms with Crippen molar-refractivity contribution in [3.05, 3.63) is 17.5 Å². The molecule has 0 spiro atoms. The lowest BCUT2D eigenvalue weighted by molar-refractivity contribution is -0.143. The van der Waals surface area contributed by atoms with Crippen molar-refractivity contribution < 1.29 is 9.63 Å². The van der Waals surface area contributed by atoms with Gasteiger partial charge in [-0.05, 0) is 19.9 Å². The molecule has 1 aromatic rings. The lowest BCUT2D eigenvalue weighted by Gasteiger charge is -1.99. The van der Waals surface area contributed by atoms with Crippen LogP contribution in [0, 0.1) is 13.8 Å². The van der Waals surface area contributed by atoms with Gasteiger partial charge in [0.2, 0.25) is 0 Å². The highest BCUT2D eigenvalue weighted by Gasteiger charge is 2.02.